The fourth-order valence-corrected chi connectivity index (χ4v) is 2.21. The second kappa shape index (κ2) is 6.14. The Labute approximate surface area is 115 Å². The molecule has 1 aromatic carbocycles. The fourth-order valence-electron chi connectivity index (χ4n) is 2.21. The number of halogens is 3. The first kappa shape index (κ1) is 14.7. The standard InChI is InChI=1S/C14H15F3N2O/c15-14(16,17)11-3-4-13(10(8-11)9-18)19-6-5-12-2-1-7-20-12/h3-4,8,12,19H,1-2,5-7H2. The molecule has 108 valence electrons. The van der Waals surface area contributed by atoms with Crippen LogP contribution in [0.1, 0.15) is 30.4 Å². The summed E-state index contributed by atoms with van der Waals surface area (Å²) in [6.45, 7) is 1.35. The number of hydrogen-bond acceptors (Lipinski definition) is 3. The van der Waals surface area contributed by atoms with Gasteiger partial charge in [0.15, 0.2) is 0 Å². The summed E-state index contributed by atoms with van der Waals surface area (Å²) in [5.41, 5.74) is -0.371. The maximum absolute atomic E-state index is 12.5. The van der Waals surface area contributed by atoms with Crippen LogP contribution in [0.4, 0.5) is 18.9 Å². The Morgan fingerprint density at radius 3 is 2.80 bits per heavy atom. The predicted molar refractivity (Wildman–Crippen MR) is 68.2 cm³/mol. The molecule has 1 saturated heterocycles. The van der Waals surface area contributed by atoms with Crippen molar-refractivity contribution in [1.82, 2.24) is 0 Å². The number of rotatable bonds is 4. The van der Waals surface area contributed by atoms with Crippen LogP contribution in [-0.2, 0) is 10.9 Å². The van der Waals surface area contributed by atoms with Crippen LogP contribution >= 0.6 is 0 Å². The van der Waals surface area contributed by atoms with Crippen LogP contribution in [0.2, 0.25) is 0 Å². The lowest BCUT2D eigenvalue weighted by molar-refractivity contribution is -0.137. The molecule has 6 heteroatoms. The van der Waals surface area contributed by atoms with Crippen LogP contribution in [0.3, 0.4) is 0 Å². The highest BCUT2D eigenvalue weighted by Crippen LogP contribution is 2.31. The summed E-state index contributed by atoms with van der Waals surface area (Å²) in [6.07, 6.45) is -1.37. The van der Waals surface area contributed by atoms with Gasteiger partial charge in [-0.1, -0.05) is 0 Å². The molecule has 3 nitrogen and oxygen atoms in total. The average Bonchev–Trinajstić information content (AvgIpc) is 2.91. The Hall–Kier alpha value is -1.74. The van der Waals surface area contributed by atoms with E-state index in [0.717, 1.165) is 38.0 Å². The van der Waals surface area contributed by atoms with Gasteiger partial charge >= 0.3 is 6.18 Å². The molecule has 1 N–H and O–H groups in total. The van der Waals surface area contributed by atoms with Gasteiger partial charge in [0.25, 0.3) is 0 Å². The van der Waals surface area contributed by atoms with E-state index in [0.29, 0.717) is 12.2 Å². The summed E-state index contributed by atoms with van der Waals surface area (Å²) in [5, 5.41) is 11.9. The van der Waals surface area contributed by atoms with E-state index in [9.17, 15) is 13.2 Å². The molecule has 1 atom stereocenters. The molecule has 0 radical (unpaired) electrons. The monoisotopic (exact) mass is 284 g/mol. The van der Waals surface area contributed by atoms with Gasteiger partial charge in [0.1, 0.15) is 6.07 Å². The molecule has 1 aliphatic rings. The van der Waals surface area contributed by atoms with Crippen molar-refractivity contribution in [3.05, 3.63) is 29.3 Å². The molecule has 20 heavy (non-hydrogen) atoms. The molecule has 1 aromatic rings. The minimum Gasteiger partial charge on any atom is -0.384 e. The molecule has 1 heterocycles. The predicted octanol–water partition coefficient (Wildman–Crippen LogP) is 3.56. The molecular formula is C14H15F3N2O. The van der Waals surface area contributed by atoms with Crippen LogP contribution in [0.5, 0.6) is 0 Å². The Morgan fingerprint density at radius 1 is 1.40 bits per heavy atom. The van der Waals surface area contributed by atoms with Crippen molar-refractivity contribution >= 4 is 5.69 Å². The summed E-state index contributed by atoms with van der Waals surface area (Å²) in [7, 11) is 0. The molecule has 0 aliphatic carbocycles. The number of nitriles is 1. The number of benzene rings is 1. The van der Waals surface area contributed by atoms with E-state index in [1.54, 1.807) is 6.07 Å². The van der Waals surface area contributed by atoms with Gasteiger partial charge in [0.05, 0.1) is 22.9 Å². The maximum Gasteiger partial charge on any atom is 0.416 e. The molecule has 0 bridgehead atoms. The third-order valence-electron chi connectivity index (χ3n) is 3.27. The Morgan fingerprint density at radius 2 is 2.20 bits per heavy atom. The van der Waals surface area contributed by atoms with Crippen molar-refractivity contribution < 1.29 is 17.9 Å². The van der Waals surface area contributed by atoms with Crippen molar-refractivity contribution in [2.24, 2.45) is 0 Å². The van der Waals surface area contributed by atoms with Crippen molar-refractivity contribution in [1.29, 1.82) is 5.26 Å². The first-order valence-electron chi connectivity index (χ1n) is 6.47. The SMILES string of the molecule is N#Cc1cc(C(F)(F)F)ccc1NCCC1CCCO1. The van der Waals surface area contributed by atoms with Crippen LogP contribution in [0, 0.1) is 11.3 Å². The highest BCUT2D eigenvalue weighted by Gasteiger charge is 2.31. The zero-order valence-electron chi connectivity index (χ0n) is 10.8. The highest BCUT2D eigenvalue weighted by atomic mass is 19.4. The van der Waals surface area contributed by atoms with Gasteiger partial charge in [-0.3, -0.25) is 0 Å². The lowest BCUT2D eigenvalue weighted by Crippen LogP contribution is -2.13. The first-order chi connectivity index (χ1) is 9.50. The maximum atomic E-state index is 12.5. The molecule has 0 saturated carbocycles. The second-order valence-corrected chi connectivity index (χ2v) is 4.72. The Bertz CT molecular complexity index is 502. The molecule has 1 fully saturated rings. The van der Waals surface area contributed by atoms with Gasteiger partial charge in [-0.05, 0) is 37.5 Å². The molecule has 0 amide bonds. The molecule has 1 aliphatic heterocycles. The number of nitrogens with one attached hydrogen (secondary N) is 1. The largest absolute Gasteiger partial charge is 0.416 e. The van der Waals surface area contributed by atoms with Crippen molar-refractivity contribution in [2.45, 2.75) is 31.5 Å². The van der Waals surface area contributed by atoms with Gasteiger partial charge in [-0.15, -0.1) is 0 Å². The topological polar surface area (TPSA) is 45.0 Å². The molecular weight excluding hydrogens is 269 g/mol. The van der Waals surface area contributed by atoms with Gasteiger partial charge in [-0.2, -0.15) is 18.4 Å². The number of hydrogen-bond donors (Lipinski definition) is 1. The minimum atomic E-state index is -4.43. The lowest BCUT2D eigenvalue weighted by Gasteiger charge is -2.13. The lowest BCUT2D eigenvalue weighted by atomic mass is 10.1. The quantitative estimate of drug-likeness (QED) is 0.919. The van der Waals surface area contributed by atoms with E-state index in [1.165, 1.54) is 6.07 Å². The third-order valence-corrected chi connectivity index (χ3v) is 3.27. The first-order valence-corrected chi connectivity index (χ1v) is 6.47. The van der Waals surface area contributed by atoms with Crippen LogP contribution in [0.15, 0.2) is 18.2 Å². The van der Waals surface area contributed by atoms with Crippen LogP contribution < -0.4 is 5.32 Å². The summed E-state index contributed by atoms with van der Waals surface area (Å²) in [6, 6.07) is 4.95. The van der Waals surface area contributed by atoms with E-state index in [1.807, 2.05) is 0 Å². The van der Waals surface area contributed by atoms with E-state index in [-0.39, 0.29) is 11.7 Å². The Balaban J connectivity index is 1.99. The normalized spacial score (nSPS) is 18.8. The number of ether oxygens (including phenoxy) is 1. The summed E-state index contributed by atoms with van der Waals surface area (Å²) in [4.78, 5) is 0. The van der Waals surface area contributed by atoms with Crippen molar-refractivity contribution in [3.8, 4) is 6.07 Å². The summed E-state index contributed by atoms with van der Waals surface area (Å²) in [5.74, 6) is 0. The second-order valence-electron chi connectivity index (χ2n) is 4.72. The van der Waals surface area contributed by atoms with E-state index in [2.05, 4.69) is 5.32 Å². The number of nitrogens with zero attached hydrogens (tertiary/aromatic N) is 1. The smallest absolute Gasteiger partial charge is 0.384 e. The van der Waals surface area contributed by atoms with Gasteiger partial charge < -0.3 is 10.1 Å². The van der Waals surface area contributed by atoms with Gasteiger partial charge in [0.2, 0.25) is 0 Å². The van der Waals surface area contributed by atoms with Crippen LogP contribution in [-0.4, -0.2) is 19.3 Å². The third kappa shape index (κ3) is 3.64. The fraction of sp³-hybridized carbons (Fsp3) is 0.500. The summed E-state index contributed by atoms with van der Waals surface area (Å²) >= 11 is 0. The van der Waals surface area contributed by atoms with Crippen LogP contribution in [0.25, 0.3) is 0 Å². The molecule has 1 unspecified atom stereocenters. The van der Waals surface area contributed by atoms with Crippen molar-refractivity contribution in [3.63, 3.8) is 0 Å². The highest BCUT2D eigenvalue weighted by molar-refractivity contribution is 5.58. The van der Waals surface area contributed by atoms with Crippen molar-refractivity contribution in [2.75, 3.05) is 18.5 Å². The number of anilines is 1. The summed E-state index contributed by atoms with van der Waals surface area (Å²) < 4.78 is 43.1. The van der Waals surface area contributed by atoms with Gasteiger partial charge in [-0.25, -0.2) is 0 Å². The zero-order valence-corrected chi connectivity index (χ0v) is 10.8. The van der Waals surface area contributed by atoms with E-state index < -0.39 is 11.7 Å². The zero-order chi connectivity index (χ0) is 14.6. The Kier molecular flexibility index (Phi) is 4.50. The molecule has 0 spiro atoms. The van der Waals surface area contributed by atoms with E-state index in [4.69, 9.17) is 10.00 Å². The molecule has 2 rings (SSSR count). The molecule has 0 aromatic heterocycles. The minimum absolute atomic E-state index is 0.00663. The number of alkyl halides is 3. The van der Waals surface area contributed by atoms with Gasteiger partial charge in [0, 0.05) is 13.2 Å². The average molecular weight is 284 g/mol. The van der Waals surface area contributed by atoms with E-state index >= 15 is 0 Å².